The van der Waals surface area contributed by atoms with Gasteiger partial charge < -0.3 is 9.88 Å². The quantitative estimate of drug-likeness (QED) is 0.865. The van der Waals surface area contributed by atoms with Crippen molar-refractivity contribution >= 4 is 11.6 Å². The Morgan fingerprint density at radius 1 is 1.39 bits per heavy atom. The van der Waals surface area contributed by atoms with E-state index in [-0.39, 0.29) is 11.5 Å². The third-order valence-corrected chi connectivity index (χ3v) is 2.62. The van der Waals surface area contributed by atoms with Crippen molar-refractivity contribution in [2.24, 2.45) is 7.05 Å². The van der Waals surface area contributed by atoms with Gasteiger partial charge in [-0.2, -0.15) is 0 Å². The maximum absolute atomic E-state index is 11.9. The fourth-order valence-electron chi connectivity index (χ4n) is 1.50. The molecule has 0 atom stereocenters. The summed E-state index contributed by atoms with van der Waals surface area (Å²) in [7, 11) is 1.63. The zero-order valence-corrected chi connectivity index (χ0v) is 10.2. The normalized spacial score (nSPS) is 10.1. The van der Waals surface area contributed by atoms with Crippen LogP contribution in [-0.2, 0) is 7.05 Å². The fourth-order valence-corrected chi connectivity index (χ4v) is 1.50. The summed E-state index contributed by atoms with van der Waals surface area (Å²) in [6.07, 6.45) is 3.22. The third kappa shape index (κ3) is 2.45. The van der Waals surface area contributed by atoms with Gasteiger partial charge in [0.2, 0.25) is 0 Å². The highest BCUT2D eigenvalue weighted by atomic mass is 16.2. The predicted octanol–water partition coefficient (Wildman–Crippen LogP) is 1.34. The Kier molecular flexibility index (Phi) is 3.23. The van der Waals surface area contributed by atoms with Crippen molar-refractivity contribution in [3.63, 3.8) is 0 Å². The van der Waals surface area contributed by atoms with Gasteiger partial charge in [-0.05, 0) is 25.1 Å². The molecule has 0 fully saturated rings. The Hall–Kier alpha value is -2.43. The van der Waals surface area contributed by atoms with Crippen LogP contribution < -0.4 is 10.9 Å². The zero-order chi connectivity index (χ0) is 13.1. The molecular formula is C13H13N3O2. The Balaban J connectivity index is 2.25. The van der Waals surface area contributed by atoms with Crippen molar-refractivity contribution in [3.8, 4) is 0 Å². The molecule has 1 amide bonds. The van der Waals surface area contributed by atoms with Gasteiger partial charge in [-0.25, -0.2) is 0 Å². The van der Waals surface area contributed by atoms with Crippen molar-refractivity contribution in [3.05, 3.63) is 58.3 Å². The van der Waals surface area contributed by atoms with Crippen LogP contribution in [0.25, 0.3) is 0 Å². The number of hydrogen-bond acceptors (Lipinski definition) is 3. The lowest BCUT2D eigenvalue weighted by Gasteiger charge is -2.07. The summed E-state index contributed by atoms with van der Waals surface area (Å²) < 4.78 is 1.41. The summed E-state index contributed by atoms with van der Waals surface area (Å²) in [5.41, 5.74) is 1.49. The number of nitrogens with zero attached hydrogens (tertiary/aromatic N) is 2. The summed E-state index contributed by atoms with van der Waals surface area (Å²) in [6, 6.07) is 6.41. The van der Waals surface area contributed by atoms with Gasteiger partial charge in [-0.15, -0.1) is 0 Å². The van der Waals surface area contributed by atoms with Crippen LogP contribution in [0.4, 0.5) is 5.69 Å². The van der Waals surface area contributed by atoms with Crippen LogP contribution in [0, 0.1) is 6.92 Å². The topological polar surface area (TPSA) is 64.0 Å². The lowest BCUT2D eigenvalue weighted by atomic mass is 10.2. The van der Waals surface area contributed by atoms with Crippen molar-refractivity contribution in [1.82, 2.24) is 9.55 Å². The lowest BCUT2D eigenvalue weighted by molar-refractivity contribution is 0.102. The predicted molar refractivity (Wildman–Crippen MR) is 68.6 cm³/mol. The second kappa shape index (κ2) is 4.83. The molecule has 18 heavy (non-hydrogen) atoms. The highest BCUT2D eigenvalue weighted by molar-refractivity contribution is 6.04. The third-order valence-electron chi connectivity index (χ3n) is 2.62. The van der Waals surface area contributed by atoms with E-state index in [2.05, 4.69) is 10.3 Å². The van der Waals surface area contributed by atoms with Crippen LogP contribution in [-0.4, -0.2) is 15.5 Å². The summed E-state index contributed by atoms with van der Waals surface area (Å²) in [6.45, 7) is 1.81. The van der Waals surface area contributed by atoms with E-state index >= 15 is 0 Å². The molecular weight excluding hydrogens is 230 g/mol. The van der Waals surface area contributed by atoms with Crippen molar-refractivity contribution < 1.29 is 4.79 Å². The van der Waals surface area contributed by atoms with E-state index in [4.69, 9.17) is 0 Å². The second-order valence-electron chi connectivity index (χ2n) is 3.96. The molecule has 0 spiro atoms. The van der Waals surface area contributed by atoms with Gasteiger partial charge in [-0.3, -0.25) is 14.6 Å². The van der Waals surface area contributed by atoms with Crippen LogP contribution >= 0.6 is 0 Å². The minimum Gasteiger partial charge on any atom is -0.320 e. The van der Waals surface area contributed by atoms with E-state index < -0.39 is 0 Å². The standard InChI is InChI=1S/C13H13N3O2/c1-9-11(4-3-6-14-9)15-13(18)10-5-7-16(2)12(17)8-10/h3-8H,1-2H3,(H,15,18). The zero-order valence-electron chi connectivity index (χ0n) is 10.2. The van der Waals surface area contributed by atoms with E-state index in [1.54, 1.807) is 44.6 Å². The smallest absolute Gasteiger partial charge is 0.255 e. The van der Waals surface area contributed by atoms with Crippen molar-refractivity contribution in [2.45, 2.75) is 6.92 Å². The number of aryl methyl sites for hydroxylation is 2. The van der Waals surface area contributed by atoms with Gasteiger partial charge in [0.25, 0.3) is 11.5 Å². The summed E-state index contributed by atoms with van der Waals surface area (Å²) in [5.74, 6) is -0.316. The lowest BCUT2D eigenvalue weighted by Crippen LogP contribution is -2.20. The molecule has 0 radical (unpaired) electrons. The maximum atomic E-state index is 11.9. The molecule has 0 saturated carbocycles. The minimum absolute atomic E-state index is 0.217. The highest BCUT2D eigenvalue weighted by Crippen LogP contribution is 2.11. The molecule has 2 rings (SSSR count). The number of rotatable bonds is 2. The molecule has 1 N–H and O–H groups in total. The molecule has 0 aromatic carbocycles. The first-order valence-electron chi connectivity index (χ1n) is 5.47. The highest BCUT2D eigenvalue weighted by Gasteiger charge is 2.08. The van der Waals surface area contributed by atoms with E-state index in [0.29, 0.717) is 11.3 Å². The van der Waals surface area contributed by atoms with Crippen LogP contribution in [0.15, 0.2) is 41.5 Å². The first-order chi connectivity index (χ1) is 8.58. The van der Waals surface area contributed by atoms with E-state index in [1.807, 2.05) is 0 Å². The molecule has 0 aliphatic rings. The number of nitrogens with one attached hydrogen (secondary N) is 1. The maximum Gasteiger partial charge on any atom is 0.255 e. The molecule has 0 aliphatic heterocycles. The molecule has 2 heterocycles. The average Bonchev–Trinajstić information content (AvgIpc) is 2.35. The van der Waals surface area contributed by atoms with Crippen LogP contribution in [0.5, 0.6) is 0 Å². The Morgan fingerprint density at radius 2 is 2.17 bits per heavy atom. The van der Waals surface area contributed by atoms with Crippen LogP contribution in [0.1, 0.15) is 16.1 Å². The van der Waals surface area contributed by atoms with E-state index in [0.717, 1.165) is 5.69 Å². The summed E-state index contributed by atoms with van der Waals surface area (Å²) >= 11 is 0. The number of hydrogen-bond donors (Lipinski definition) is 1. The molecule has 0 aliphatic carbocycles. The monoisotopic (exact) mass is 243 g/mol. The molecule has 2 aromatic rings. The number of carbonyl (C=O) groups excluding carboxylic acids is 1. The van der Waals surface area contributed by atoms with Gasteiger partial charge >= 0.3 is 0 Å². The first kappa shape index (κ1) is 12.0. The average molecular weight is 243 g/mol. The van der Waals surface area contributed by atoms with Gasteiger partial charge in [0.15, 0.2) is 0 Å². The number of amides is 1. The van der Waals surface area contributed by atoms with Gasteiger partial charge in [0.05, 0.1) is 11.4 Å². The van der Waals surface area contributed by atoms with E-state index in [1.165, 1.54) is 10.6 Å². The number of aromatic nitrogens is 2. The Bertz CT molecular complexity index is 647. The fraction of sp³-hybridized carbons (Fsp3) is 0.154. The van der Waals surface area contributed by atoms with Crippen LogP contribution in [0.2, 0.25) is 0 Å². The SMILES string of the molecule is Cc1ncccc1NC(=O)c1ccn(C)c(=O)c1. The minimum atomic E-state index is -0.316. The van der Waals surface area contributed by atoms with Crippen molar-refractivity contribution in [2.75, 3.05) is 5.32 Å². The molecule has 5 heteroatoms. The largest absolute Gasteiger partial charge is 0.320 e. The molecule has 2 aromatic heterocycles. The van der Waals surface area contributed by atoms with Crippen LogP contribution in [0.3, 0.4) is 0 Å². The number of anilines is 1. The molecule has 0 unspecified atom stereocenters. The van der Waals surface area contributed by atoms with E-state index in [9.17, 15) is 9.59 Å². The van der Waals surface area contributed by atoms with Gasteiger partial charge in [-0.1, -0.05) is 0 Å². The Morgan fingerprint density at radius 3 is 2.83 bits per heavy atom. The molecule has 0 bridgehead atoms. The number of pyridine rings is 2. The first-order valence-corrected chi connectivity index (χ1v) is 5.47. The Labute approximate surface area is 104 Å². The number of carbonyl (C=O) groups is 1. The summed E-state index contributed by atoms with van der Waals surface area (Å²) in [4.78, 5) is 27.5. The molecule has 5 nitrogen and oxygen atoms in total. The second-order valence-corrected chi connectivity index (χ2v) is 3.96. The molecule has 0 saturated heterocycles. The van der Waals surface area contributed by atoms with Crippen molar-refractivity contribution in [1.29, 1.82) is 0 Å². The van der Waals surface area contributed by atoms with Gasteiger partial charge in [0.1, 0.15) is 0 Å². The van der Waals surface area contributed by atoms with Gasteiger partial charge in [0, 0.05) is 31.1 Å². The summed E-state index contributed by atoms with van der Waals surface area (Å²) in [5, 5.41) is 2.72. The molecule has 92 valence electrons.